The number of nitrogens with two attached hydrogens (primary N) is 1. The maximum Gasteiger partial charge on any atom is 0.148 e. The Balaban J connectivity index is 1.84. The van der Waals surface area contributed by atoms with Crippen LogP contribution in [0.1, 0.15) is 31.7 Å². The van der Waals surface area contributed by atoms with Crippen LogP contribution in [-0.2, 0) is 0 Å². The average Bonchev–Trinajstić information content (AvgIpc) is 3.04. The van der Waals surface area contributed by atoms with Crippen LogP contribution in [0.4, 0.5) is 10.8 Å². The molecule has 0 atom stereocenters. The molecular weight excluding hydrogens is 300 g/mol. The summed E-state index contributed by atoms with van der Waals surface area (Å²) in [6.45, 7) is 8.88. The summed E-state index contributed by atoms with van der Waals surface area (Å²) in [4.78, 5) is 7.03. The van der Waals surface area contributed by atoms with Gasteiger partial charge in [0, 0.05) is 18.5 Å². The molecule has 0 amide bonds. The number of thiazole rings is 1. The molecule has 1 aliphatic heterocycles. The average molecular weight is 323 g/mol. The van der Waals surface area contributed by atoms with Crippen molar-refractivity contribution in [2.45, 2.75) is 33.6 Å². The maximum absolute atomic E-state index is 6.10. The summed E-state index contributed by atoms with van der Waals surface area (Å²) in [7, 11) is 0. The highest BCUT2D eigenvalue weighted by molar-refractivity contribution is 7.11. The lowest BCUT2D eigenvalue weighted by Gasteiger charge is -2.34. The van der Waals surface area contributed by atoms with Gasteiger partial charge in [0.1, 0.15) is 10.8 Å². The SMILES string of the molecule is Cc1nc(-c2c(N)nsc2N2CCC(C(C)C)CC2)cs1. The van der Waals surface area contributed by atoms with Gasteiger partial charge in [-0.25, -0.2) is 4.98 Å². The lowest BCUT2D eigenvalue weighted by Crippen LogP contribution is -2.35. The van der Waals surface area contributed by atoms with Crippen molar-refractivity contribution in [1.82, 2.24) is 9.36 Å². The van der Waals surface area contributed by atoms with Crippen molar-refractivity contribution in [2.24, 2.45) is 11.8 Å². The standard InChI is InChI=1S/C15H22N4S2/c1-9(2)11-4-6-19(7-5-11)15-13(14(16)18-21-15)12-8-20-10(3)17-12/h8-9,11H,4-7H2,1-3H3,(H2,16,18). The lowest BCUT2D eigenvalue weighted by atomic mass is 9.87. The summed E-state index contributed by atoms with van der Waals surface area (Å²) in [5.74, 6) is 2.24. The van der Waals surface area contributed by atoms with E-state index in [0.717, 1.165) is 41.2 Å². The van der Waals surface area contributed by atoms with Crippen molar-refractivity contribution < 1.29 is 0 Å². The molecule has 2 aromatic heterocycles. The Morgan fingerprint density at radius 3 is 2.62 bits per heavy atom. The first-order chi connectivity index (χ1) is 10.1. The van der Waals surface area contributed by atoms with E-state index in [1.807, 2.05) is 6.92 Å². The molecule has 0 bridgehead atoms. The van der Waals surface area contributed by atoms with E-state index >= 15 is 0 Å². The molecule has 0 aromatic carbocycles. The van der Waals surface area contributed by atoms with Crippen LogP contribution < -0.4 is 10.6 Å². The number of nitrogen functional groups attached to an aromatic ring is 1. The van der Waals surface area contributed by atoms with Crippen molar-refractivity contribution in [3.05, 3.63) is 10.4 Å². The normalized spacial score (nSPS) is 16.9. The predicted octanol–water partition coefficient (Wildman–Crippen LogP) is 4.03. The summed E-state index contributed by atoms with van der Waals surface area (Å²) in [5, 5.41) is 4.35. The summed E-state index contributed by atoms with van der Waals surface area (Å²) in [6.07, 6.45) is 2.51. The van der Waals surface area contributed by atoms with Crippen LogP contribution in [0.5, 0.6) is 0 Å². The second-order valence-corrected chi connectivity index (χ2v) is 7.88. The molecular formula is C15H22N4S2. The van der Waals surface area contributed by atoms with Crippen LogP contribution in [0.3, 0.4) is 0 Å². The zero-order chi connectivity index (χ0) is 15.0. The highest BCUT2D eigenvalue weighted by atomic mass is 32.1. The van der Waals surface area contributed by atoms with Gasteiger partial charge in [-0.15, -0.1) is 11.3 Å². The smallest absolute Gasteiger partial charge is 0.148 e. The van der Waals surface area contributed by atoms with Crippen LogP contribution in [0, 0.1) is 18.8 Å². The van der Waals surface area contributed by atoms with Crippen LogP contribution in [0.15, 0.2) is 5.38 Å². The van der Waals surface area contributed by atoms with E-state index in [9.17, 15) is 0 Å². The topological polar surface area (TPSA) is 55.0 Å². The monoisotopic (exact) mass is 322 g/mol. The third kappa shape index (κ3) is 2.92. The molecule has 0 radical (unpaired) electrons. The Morgan fingerprint density at radius 1 is 1.33 bits per heavy atom. The largest absolute Gasteiger partial charge is 0.382 e. The first kappa shape index (κ1) is 14.8. The first-order valence-electron chi connectivity index (χ1n) is 7.49. The van der Waals surface area contributed by atoms with Crippen LogP contribution in [0.2, 0.25) is 0 Å². The van der Waals surface area contributed by atoms with E-state index in [1.165, 1.54) is 29.4 Å². The Bertz CT molecular complexity index is 609. The van der Waals surface area contributed by atoms with Gasteiger partial charge in [0.05, 0.1) is 16.3 Å². The molecule has 21 heavy (non-hydrogen) atoms. The Hall–Kier alpha value is -1.14. The number of nitrogens with zero attached hydrogens (tertiary/aromatic N) is 3. The lowest BCUT2D eigenvalue weighted by molar-refractivity contribution is 0.312. The highest BCUT2D eigenvalue weighted by Crippen LogP contribution is 2.41. The molecule has 1 fully saturated rings. The number of hydrogen-bond acceptors (Lipinski definition) is 6. The number of piperidine rings is 1. The molecule has 3 heterocycles. The van der Waals surface area contributed by atoms with Crippen molar-refractivity contribution in [2.75, 3.05) is 23.7 Å². The fourth-order valence-electron chi connectivity index (χ4n) is 3.00. The van der Waals surface area contributed by atoms with E-state index in [4.69, 9.17) is 5.73 Å². The number of aromatic nitrogens is 2. The van der Waals surface area contributed by atoms with Crippen molar-refractivity contribution >= 4 is 33.7 Å². The summed E-state index contributed by atoms with van der Waals surface area (Å²) >= 11 is 3.17. The van der Waals surface area contributed by atoms with Crippen LogP contribution >= 0.6 is 22.9 Å². The molecule has 4 nitrogen and oxygen atoms in total. The molecule has 1 saturated heterocycles. The van der Waals surface area contributed by atoms with Crippen molar-refractivity contribution in [3.63, 3.8) is 0 Å². The fraction of sp³-hybridized carbons (Fsp3) is 0.600. The molecule has 0 saturated carbocycles. The van der Waals surface area contributed by atoms with Gasteiger partial charge in [-0.3, -0.25) is 0 Å². The van der Waals surface area contributed by atoms with E-state index in [0.29, 0.717) is 5.82 Å². The highest BCUT2D eigenvalue weighted by Gasteiger charge is 2.26. The van der Waals surface area contributed by atoms with Gasteiger partial charge < -0.3 is 10.6 Å². The zero-order valence-electron chi connectivity index (χ0n) is 12.8. The third-order valence-corrected chi connectivity index (χ3v) is 6.04. The van der Waals surface area contributed by atoms with Gasteiger partial charge >= 0.3 is 0 Å². The molecule has 2 aromatic rings. The summed E-state index contributed by atoms with van der Waals surface area (Å²) < 4.78 is 4.37. The third-order valence-electron chi connectivity index (χ3n) is 4.35. The predicted molar refractivity (Wildman–Crippen MR) is 92.1 cm³/mol. The molecule has 0 spiro atoms. The molecule has 6 heteroatoms. The Labute approximate surface area is 134 Å². The first-order valence-corrected chi connectivity index (χ1v) is 9.14. The number of rotatable bonds is 3. The number of hydrogen-bond donors (Lipinski definition) is 1. The number of aryl methyl sites for hydroxylation is 1. The molecule has 2 N–H and O–H groups in total. The molecule has 1 aliphatic rings. The summed E-state index contributed by atoms with van der Waals surface area (Å²) in [5.41, 5.74) is 8.11. The van der Waals surface area contributed by atoms with E-state index < -0.39 is 0 Å². The Morgan fingerprint density at radius 2 is 2.05 bits per heavy atom. The second-order valence-electron chi connectivity index (χ2n) is 6.07. The minimum absolute atomic E-state index is 0.617. The van der Waals surface area contributed by atoms with Crippen LogP contribution in [-0.4, -0.2) is 22.4 Å². The van der Waals surface area contributed by atoms with Gasteiger partial charge in [-0.1, -0.05) is 13.8 Å². The van der Waals surface area contributed by atoms with Gasteiger partial charge in [0.15, 0.2) is 0 Å². The fourth-order valence-corrected chi connectivity index (χ4v) is 4.48. The van der Waals surface area contributed by atoms with Crippen molar-refractivity contribution in [3.8, 4) is 11.3 Å². The van der Waals surface area contributed by atoms with E-state index in [-0.39, 0.29) is 0 Å². The van der Waals surface area contributed by atoms with Gasteiger partial charge in [-0.05, 0) is 43.1 Å². The van der Waals surface area contributed by atoms with Gasteiger partial charge in [0.25, 0.3) is 0 Å². The second kappa shape index (κ2) is 5.93. The Kier molecular flexibility index (Phi) is 4.17. The van der Waals surface area contributed by atoms with Gasteiger partial charge in [-0.2, -0.15) is 4.37 Å². The molecule has 3 rings (SSSR count). The van der Waals surface area contributed by atoms with Crippen molar-refractivity contribution in [1.29, 1.82) is 0 Å². The molecule has 0 unspecified atom stereocenters. The van der Waals surface area contributed by atoms with Gasteiger partial charge in [0.2, 0.25) is 0 Å². The molecule has 0 aliphatic carbocycles. The number of anilines is 2. The quantitative estimate of drug-likeness (QED) is 0.927. The minimum atomic E-state index is 0.617. The maximum atomic E-state index is 6.10. The summed E-state index contributed by atoms with van der Waals surface area (Å²) in [6, 6.07) is 0. The minimum Gasteiger partial charge on any atom is -0.382 e. The molecule has 114 valence electrons. The zero-order valence-corrected chi connectivity index (χ0v) is 14.4. The van der Waals surface area contributed by atoms with E-state index in [2.05, 4.69) is 33.5 Å². The van der Waals surface area contributed by atoms with Crippen LogP contribution in [0.25, 0.3) is 11.3 Å². The van der Waals surface area contributed by atoms with E-state index in [1.54, 1.807) is 11.3 Å².